The SMILES string of the molecule is O=C(Nc1ccccc1C(=O)N1CCCCC1)[C@@H]1CCCN(Cc2ccccc2Cl)C1. The monoisotopic (exact) mass is 439 g/mol. The van der Waals surface area contributed by atoms with E-state index in [4.69, 9.17) is 11.6 Å². The molecule has 0 radical (unpaired) electrons. The number of halogens is 1. The third kappa shape index (κ3) is 5.46. The molecule has 1 atom stereocenters. The molecular formula is C25H30ClN3O2. The molecule has 2 amide bonds. The minimum absolute atomic E-state index is 0.0113. The topological polar surface area (TPSA) is 52.7 Å². The van der Waals surface area contributed by atoms with Crippen molar-refractivity contribution in [2.24, 2.45) is 5.92 Å². The summed E-state index contributed by atoms with van der Waals surface area (Å²) in [6, 6.07) is 15.2. The zero-order valence-electron chi connectivity index (χ0n) is 17.9. The van der Waals surface area contributed by atoms with E-state index in [1.807, 2.05) is 53.4 Å². The maximum atomic E-state index is 13.1. The second-order valence-corrected chi connectivity index (χ2v) is 8.96. The largest absolute Gasteiger partial charge is 0.339 e. The molecule has 2 saturated heterocycles. The number of benzene rings is 2. The van der Waals surface area contributed by atoms with Gasteiger partial charge in [-0.2, -0.15) is 0 Å². The quantitative estimate of drug-likeness (QED) is 0.726. The lowest BCUT2D eigenvalue weighted by Gasteiger charge is -2.32. The molecule has 2 aliphatic heterocycles. The zero-order chi connectivity index (χ0) is 21.6. The first kappa shape index (κ1) is 21.8. The normalized spacial score (nSPS) is 19.8. The lowest BCUT2D eigenvalue weighted by Crippen LogP contribution is -2.40. The van der Waals surface area contributed by atoms with Crippen molar-refractivity contribution in [2.45, 2.75) is 38.6 Å². The average Bonchev–Trinajstić information content (AvgIpc) is 2.81. The maximum Gasteiger partial charge on any atom is 0.255 e. The molecule has 0 saturated carbocycles. The van der Waals surface area contributed by atoms with Crippen molar-refractivity contribution in [3.63, 3.8) is 0 Å². The molecule has 2 aliphatic rings. The van der Waals surface area contributed by atoms with Crippen LogP contribution < -0.4 is 5.32 Å². The van der Waals surface area contributed by atoms with Gasteiger partial charge in [0.05, 0.1) is 17.2 Å². The van der Waals surface area contributed by atoms with Gasteiger partial charge in [-0.05, 0) is 62.4 Å². The Bertz CT molecular complexity index is 926. The third-order valence-corrected chi connectivity index (χ3v) is 6.66. The van der Waals surface area contributed by atoms with Gasteiger partial charge in [0.1, 0.15) is 0 Å². The van der Waals surface area contributed by atoms with Crippen molar-refractivity contribution in [3.05, 3.63) is 64.7 Å². The zero-order valence-corrected chi connectivity index (χ0v) is 18.6. The van der Waals surface area contributed by atoms with Gasteiger partial charge in [0, 0.05) is 31.2 Å². The summed E-state index contributed by atoms with van der Waals surface area (Å²) >= 11 is 6.32. The molecule has 2 fully saturated rings. The van der Waals surface area contributed by atoms with Gasteiger partial charge in [0.15, 0.2) is 0 Å². The van der Waals surface area contributed by atoms with Crippen LogP contribution >= 0.6 is 11.6 Å². The van der Waals surface area contributed by atoms with Gasteiger partial charge in [-0.25, -0.2) is 0 Å². The molecule has 31 heavy (non-hydrogen) atoms. The number of nitrogens with one attached hydrogen (secondary N) is 1. The highest BCUT2D eigenvalue weighted by atomic mass is 35.5. The van der Waals surface area contributed by atoms with E-state index in [0.29, 0.717) is 17.8 Å². The van der Waals surface area contributed by atoms with Crippen LogP contribution in [-0.4, -0.2) is 47.8 Å². The number of piperidine rings is 2. The number of amides is 2. The predicted molar refractivity (Wildman–Crippen MR) is 124 cm³/mol. The first-order valence-corrected chi connectivity index (χ1v) is 11.6. The van der Waals surface area contributed by atoms with Gasteiger partial charge in [-0.15, -0.1) is 0 Å². The minimum Gasteiger partial charge on any atom is -0.339 e. The van der Waals surface area contributed by atoms with E-state index >= 15 is 0 Å². The molecule has 0 aliphatic carbocycles. The first-order chi connectivity index (χ1) is 15.1. The standard InChI is InChI=1S/C25H30ClN3O2/c26-22-12-4-2-9-19(22)17-28-14-8-10-20(18-28)24(30)27-23-13-5-3-11-21(23)25(31)29-15-6-1-7-16-29/h2-5,9,11-13,20H,1,6-8,10,14-18H2,(H,27,30)/t20-/m1/s1. The summed E-state index contributed by atoms with van der Waals surface area (Å²) in [6.07, 6.45) is 5.09. The van der Waals surface area contributed by atoms with E-state index in [1.54, 1.807) is 0 Å². The molecule has 4 rings (SSSR count). The Morgan fingerprint density at radius 1 is 0.935 bits per heavy atom. The fourth-order valence-electron chi connectivity index (χ4n) is 4.56. The van der Waals surface area contributed by atoms with Crippen LogP contribution in [0, 0.1) is 5.92 Å². The van der Waals surface area contributed by atoms with E-state index in [9.17, 15) is 9.59 Å². The molecule has 0 bridgehead atoms. The van der Waals surface area contributed by atoms with E-state index in [1.165, 1.54) is 6.42 Å². The predicted octanol–water partition coefficient (Wildman–Crippen LogP) is 4.82. The van der Waals surface area contributed by atoms with E-state index in [-0.39, 0.29) is 17.7 Å². The smallest absolute Gasteiger partial charge is 0.255 e. The number of carbonyl (C=O) groups is 2. The second-order valence-electron chi connectivity index (χ2n) is 8.55. The van der Waals surface area contributed by atoms with E-state index in [2.05, 4.69) is 10.2 Å². The Morgan fingerprint density at radius 2 is 1.68 bits per heavy atom. The van der Waals surface area contributed by atoms with Crippen LogP contribution in [0.1, 0.15) is 48.0 Å². The first-order valence-electron chi connectivity index (χ1n) is 11.3. The molecule has 6 heteroatoms. The Labute approximate surface area is 189 Å². The summed E-state index contributed by atoms with van der Waals surface area (Å²) in [4.78, 5) is 30.3. The van der Waals surface area contributed by atoms with E-state index < -0.39 is 0 Å². The summed E-state index contributed by atoms with van der Waals surface area (Å²) < 4.78 is 0. The minimum atomic E-state index is -0.102. The highest BCUT2D eigenvalue weighted by molar-refractivity contribution is 6.31. The van der Waals surface area contributed by atoms with Crippen molar-refractivity contribution < 1.29 is 9.59 Å². The van der Waals surface area contributed by atoms with Crippen molar-refractivity contribution in [1.29, 1.82) is 0 Å². The number of nitrogens with zero attached hydrogens (tertiary/aromatic N) is 2. The molecule has 2 aromatic carbocycles. The molecule has 0 unspecified atom stereocenters. The molecular weight excluding hydrogens is 410 g/mol. The second kappa shape index (κ2) is 10.3. The Hall–Kier alpha value is -2.37. The van der Waals surface area contributed by atoms with Crippen LogP contribution in [0.3, 0.4) is 0 Å². The fourth-order valence-corrected chi connectivity index (χ4v) is 4.76. The van der Waals surface area contributed by atoms with Crippen LogP contribution in [0.4, 0.5) is 5.69 Å². The van der Waals surface area contributed by atoms with Gasteiger partial charge in [-0.3, -0.25) is 14.5 Å². The van der Waals surface area contributed by atoms with Gasteiger partial charge < -0.3 is 10.2 Å². The van der Waals surface area contributed by atoms with Gasteiger partial charge >= 0.3 is 0 Å². The summed E-state index contributed by atoms with van der Waals surface area (Å²) in [6.45, 7) is 3.98. The van der Waals surface area contributed by atoms with Crippen LogP contribution in [0.25, 0.3) is 0 Å². The molecule has 164 valence electrons. The molecule has 0 aromatic heterocycles. The van der Waals surface area contributed by atoms with Gasteiger partial charge in [0.25, 0.3) is 5.91 Å². The van der Waals surface area contributed by atoms with Crippen LogP contribution in [0.2, 0.25) is 5.02 Å². The lowest BCUT2D eigenvalue weighted by molar-refractivity contribution is -0.121. The summed E-state index contributed by atoms with van der Waals surface area (Å²) in [5.41, 5.74) is 2.29. The van der Waals surface area contributed by atoms with Crippen molar-refractivity contribution in [1.82, 2.24) is 9.80 Å². The lowest BCUT2D eigenvalue weighted by atomic mass is 9.96. The number of anilines is 1. The van der Waals surface area contributed by atoms with Crippen molar-refractivity contribution in [2.75, 3.05) is 31.5 Å². The molecule has 2 aromatic rings. The van der Waals surface area contributed by atoms with Gasteiger partial charge in [-0.1, -0.05) is 41.9 Å². The molecule has 5 nitrogen and oxygen atoms in total. The van der Waals surface area contributed by atoms with Crippen LogP contribution in [-0.2, 0) is 11.3 Å². The Morgan fingerprint density at radius 3 is 2.48 bits per heavy atom. The average molecular weight is 440 g/mol. The third-order valence-electron chi connectivity index (χ3n) is 6.29. The van der Waals surface area contributed by atoms with E-state index in [0.717, 1.165) is 62.4 Å². The Kier molecular flexibility index (Phi) is 7.25. The fraction of sp³-hybridized carbons (Fsp3) is 0.440. The number of para-hydroxylation sites is 1. The molecule has 1 N–H and O–H groups in total. The van der Waals surface area contributed by atoms with Gasteiger partial charge in [0.2, 0.25) is 5.91 Å². The summed E-state index contributed by atoms with van der Waals surface area (Å²) in [7, 11) is 0. The Balaban J connectivity index is 1.41. The highest BCUT2D eigenvalue weighted by Crippen LogP contribution is 2.25. The van der Waals surface area contributed by atoms with Crippen LogP contribution in [0.5, 0.6) is 0 Å². The number of hydrogen-bond acceptors (Lipinski definition) is 3. The van der Waals surface area contributed by atoms with Crippen LogP contribution in [0.15, 0.2) is 48.5 Å². The number of rotatable bonds is 5. The number of hydrogen-bond donors (Lipinski definition) is 1. The highest BCUT2D eigenvalue weighted by Gasteiger charge is 2.28. The molecule has 2 heterocycles. The molecule has 0 spiro atoms. The number of likely N-dealkylation sites (tertiary alicyclic amines) is 2. The van der Waals surface area contributed by atoms with Crippen molar-refractivity contribution >= 4 is 29.1 Å². The number of carbonyl (C=O) groups excluding carboxylic acids is 2. The summed E-state index contributed by atoms with van der Waals surface area (Å²) in [5.74, 6) is -0.100. The van der Waals surface area contributed by atoms with Crippen molar-refractivity contribution in [3.8, 4) is 0 Å². The summed E-state index contributed by atoms with van der Waals surface area (Å²) in [5, 5.41) is 3.82. The maximum absolute atomic E-state index is 13.1.